The molecule has 12 heteroatoms. The fourth-order valence-corrected chi connectivity index (χ4v) is 5.98. The van der Waals surface area contributed by atoms with E-state index in [0.717, 1.165) is 74.7 Å². The van der Waals surface area contributed by atoms with Gasteiger partial charge in [-0.25, -0.2) is 8.78 Å². The van der Waals surface area contributed by atoms with E-state index in [-0.39, 0.29) is 38.1 Å². The van der Waals surface area contributed by atoms with E-state index in [0.29, 0.717) is 16.7 Å². The number of thioether (sulfide) groups is 1. The van der Waals surface area contributed by atoms with Gasteiger partial charge in [-0.2, -0.15) is 13.2 Å². The van der Waals surface area contributed by atoms with Gasteiger partial charge in [0.25, 0.3) is 0 Å². The number of benzene rings is 4. The van der Waals surface area contributed by atoms with Crippen molar-refractivity contribution >= 4 is 28.6 Å². The van der Waals surface area contributed by atoms with E-state index < -0.39 is 119 Å². The van der Waals surface area contributed by atoms with Crippen LogP contribution in [0.1, 0.15) is 64.3 Å². The van der Waals surface area contributed by atoms with E-state index in [1.165, 1.54) is 24.3 Å². The molecule has 2 heterocycles. The summed E-state index contributed by atoms with van der Waals surface area (Å²) >= 11 is -0.119. The molecule has 0 bridgehead atoms. The van der Waals surface area contributed by atoms with Crippen molar-refractivity contribution in [3.05, 3.63) is 136 Å². The van der Waals surface area contributed by atoms with Crippen molar-refractivity contribution in [2.45, 2.75) is 55.1 Å². The number of rotatable bonds is 12. The zero-order valence-corrected chi connectivity index (χ0v) is 28.6. The number of pyridine rings is 1. The molecule has 5 aromatic rings. The maximum Gasteiger partial charge on any atom is 0.416 e. The summed E-state index contributed by atoms with van der Waals surface area (Å²) in [5.74, 6) is -5.49. The van der Waals surface area contributed by atoms with E-state index in [1.54, 1.807) is 0 Å². The normalized spacial score (nSPS) is 25.0. The Morgan fingerprint density at radius 2 is 1.68 bits per heavy atom. The first-order valence-electron chi connectivity index (χ1n) is 23.6. The first kappa shape index (κ1) is 22.6. The third kappa shape index (κ3) is 8.83. The van der Waals surface area contributed by atoms with Crippen LogP contribution in [0.2, 0.25) is 0 Å². The van der Waals surface area contributed by atoms with Crippen molar-refractivity contribution in [1.82, 2.24) is 14.4 Å². The molecular weight excluding hydrogens is 710 g/mol. The molecule has 1 aliphatic heterocycles. The molecule has 0 radical (unpaired) electrons. The van der Waals surface area contributed by atoms with Crippen molar-refractivity contribution in [3.63, 3.8) is 0 Å². The molecule has 4 aromatic carbocycles. The van der Waals surface area contributed by atoms with Gasteiger partial charge in [-0.1, -0.05) is 60.7 Å². The Kier molecular flexibility index (Phi) is 7.11. The second-order valence-corrected chi connectivity index (χ2v) is 12.1. The Hall–Kier alpha value is -4.52. The Labute approximate surface area is 331 Å². The molecule has 1 fully saturated rings. The van der Waals surface area contributed by atoms with E-state index in [1.807, 2.05) is 0 Å². The minimum Gasteiger partial charge on any atom is -0.383 e. The van der Waals surface area contributed by atoms with Gasteiger partial charge < -0.3 is 19.1 Å². The van der Waals surface area contributed by atoms with Gasteiger partial charge in [0.05, 0.1) is 36.9 Å². The van der Waals surface area contributed by atoms with Crippen LogP contribution >= 0.6 is 11.8 Å². The van der Waals surface area contributed by atoms with Crippen molar-refractivity contribution in [3.8, 4) is 11.1 Å². The first-order valence-corrected chi connectivity index (χ1v) is 16.4. The van der Waals surface area contributed by atoms with Crippen LogP contribution in [0.4, 0.5) is 22.0 Å². The Balaban J connectivity index is 1.65. The standard InChI is InChI=1S/C41H40F5N3O3S/c1-27(28-10-12-29(13-11-28)30-14-16-32(17-15-30)41(44,45)46)49(33-18-20-47(21-19-33)22-23-52-2)38(51)25-48-36-9-4-3-7-34(36)37(50)24-39(48)53-26-31-6-5-8-35(42)40(31)43/h3-17,24,27,33H,18-23,25-26H2,1-2H3/i18D2,19D2,20D2,21D2,23D2,25D2,26D2,27D,33D. The minimum atomic E-state index is -4.69. The van der Waals surface area contributed by atoms with Crippen LogP contribution in [0.15, 0.2) is 107 Å². The minimum absolute atomic E-state index is 0.119. The van der Waals surface area contributed by atoms with E-state index in [2.05, 4.69) is 4.74 Å². The number of alkyl halides is 3. The number of para-hydroxylation sites is 1. The smallest absolute Gasteiger partial charge is 0.383 e. The Morgan fingerprint density at radius 3 is 2.34 bits per heavy atom. The molecule has 6 nitrogen and oxygen atoms in total. The molecule has 0 N–H and O–H groups in total. The molecule has 53 heavy (non-hydrogen) atoms. The molecule has 1 atom stereocenters. The largest absolute Gasteiger partial charge is 0.416 e. The zero-order valence-electron chi connectivity index (χ0n) is 43.8. The zero-order chi connectivity index (χ0) is 52.1. The van der Waals surface area contributed by atoms with Crippen LogP contribution in [0.25, 0.3) is 22.0 Å². The summed E-state index contributed by atoms with van der Waals surface area (Å²) < 4.78 is 221. The number of carbonyl (C=O) groups excluding carboxylic acids is 1. The van der Waals surface area contributed by atoms with Crippen molar-refractivity contribution in [1.29, 1.82) is 0 Å². The average Bonchev–Trinajstić information content (AvgIpc) is 3.25. The summed E-state index contributed by atoms with van der Waals surface area (Å²) in [7, 11) is 0.789. The molecule has 1 unspecified atom stereocenters. The Bertz CT molecular complexity index is 2820. The van der Waals surface area contributed by atoms with Crippen molar-refractivity contribution in [2.24, 2.45) is 0 Å². The van der Waals surface area contributed by atoms with Gasteiger partial charge in [-0.3, -0.25) is 9.59 Å². The number of ether oxygens (including phenoxy) is 1. The molecule has 1 aliphatic rings. The van der Waals surface area contributed by atoms with Crippen LogP contribution in [0.3, 0.4) is 0 Å². The molecule has 6 rings (SSSR count). The molecule has 1 amide bonds. The van der Waals surface area contributed by atoms with Crippen LogP contribution in [-0.2, 0) is 27.9 Å². The summed E-state index contributed by atoms with van der Waals surface area (Å²) in [5.41, 5.74) is -6.72. The van der Waals surface area contributed by atoms with Gasteiger partial charge in [-0.15, -0.1) is 11.8 Å². The van der Waals surface area contributed by atoms with Crippen molar-refractivity contribution < 1.29 is 53.4 Å². The summed E-state index contributed by atoms with van der Waals surface area (Å²) in [6, 6.07) is 8.29. The first-order chi connectivity index (χ1) is 31.4. The third-order valence-corrected chi connectivity index (χ3v) is 8.74. The number of methoxy groups -OCH3 is 1. The van der Waals surface area contributed by atoms with Gasteiger partial charge in [-0.05, 0) is 66.7 Å². The molecule has 0 spiro atoms. The summed E-state index contributed by atoms with van der Waals surface area (Å²) in [6.45, 7) is -16.0. The highest BCUT2D eigenvalue weighted by molar-refractivity contribution is 7.98. The van der Waals surface area contributed by atoms with Gasteiger partial charge in [0.1, 0.15) is 6.50 Å². The number of likely N-dealkylation sites (tertiary alicyclic amines) is 1. The lowest BCUT2D eigenvalue weighted by Crippen LogP contribution is -2.49. The maximum atomic E-state index is 15.7. The highest BCUT2D eigenvalue weighted by atomic mass is 32.2. The molecule has 0 saturated carbocycles. The number of halogens is 5. The predicted molar refractivity (Wildman–Crippen MR) is 198 cm³/mol. The fraction of sp³-hybridized carbons (Fsp3) is 0.317. The molecule has 1 aromatic heterocycles. The third-order valence-electron chi connectivity index (χ3n) is 7.91. The number of piperidine rings is 1. The number of amides is 1. The SMILES string of the molecule is [2H]C([2H])(CN1C([2H])([2H])C([2H])([2H])C([2H])(N(C(=O)C([2H])([2H])n2c(SC([2H])([2H])c3cccc(F)c3F)cc(=O)c3ccccc32)C([2H])(C)c2ccc(-c3ccc(C(F)(F)F)cc3)cc2)C([2H])([2H])C1([2H])[2H])OC. The lowest BCUT2D eigenvalue weighted by Gasteiger charge is -2.42. The Morgan fingerprint density at radius 1 is 1.02 bits per heavy atom. The quantitative estimate of drug-likeness (QED) is 0.0939. The van der Waals surface area contributed by atoms with E-state index in [9.17, 15) is 33.3 Å². The number of aromatic nitrogens is 1. The van der Waals surface area contributed by atoms with Gasteiger partial charge in [0, 0.05) is 69.1 Å². The molecule has 1 saturated heterocycles. The van der Waals surface area contributed by atoms with E-state index in [4.69, 9.17) is 11.0 Å². The van der Waals surface area contributed by atoms with Gasteiger partial charge >= 0.3 is 6.18 Å². The average molecular weight is 766 g/mol. The number of fused-ring (bicyclic) bond motifs is 1. The fourth-order valence-electron chi connectivity index (χ4n) is 5.20. The predicted octanol–water partition coefficient (Wildman–Crippen LogP) is 8.96. The topological polar surface area (TPSA) is 54.8 Å². The number of carbonyl (C=O) groups is 1. The van der Waals surface area contributed by atoms with Crippen molar-refractivity contribution in [2.75, 3.05) is 33.2 Å². The summed E-state index contributed by atoms with van der Waals surface area (Å²) in [6.07, 6.45) is -13.4. The molecule has 0 aliphatic carbocycles. The summed E-state index contributed by atoms with van der Waals surface area (Å²) in [4.78, 5) is 28.7. The number of hydrogen-bond donors (Lipinski definition) is 0. The lowest BCUT2D eigenvalue weighted by atomic mass is 9.96. The van der Waals surface area contributed by atoms with E-state index >= 15 is 9.18 Å². The van der Waals surface area contributed by atoms with Crippen LogP contribution < -0.4 is 5.43 Å². The highest BCUT2D eigenvalue weighted by Gasteiger charge is 2.33. The number of nitrogens with zero attached hydrogens (tertiary/aromatic N) is 3. The monoisotopic (exact) mass is 765 g/mol. The highest BCUT2D eigenvalue weighted by Crippen LogP contribution is 2.34. The van der Waals surface area contributed by atoms with Crippen LogP contribution in [0, 0.1) is 11.6 Å². The maximum absolute atomic E-state index is 15.7. The van der Waals surface area contributed by atoms with Crippen LogP contribution in [-0.4, -0.2) is 59.5 Å². The second kappa shape index (κ2) is 16.7. The van der Waals surface area contributed by atoms with Gasteiger partial charge in [0.2, 0.25) is 5.91 Å². The van der Waals surface area contributed by atoms with Crippen LogP contribution in [0.5, 0.6) is 0 Å². The number of hydrogen-bond acceptors (Lipinski definition) is 5. The molecule has 278 valence electrons. The lowest BCUT2D eigenvalue weighted by molar-refractivity contribution is -0.138. The molecular formula is C41H40F5N3O3S. The summed E-state index contributed by atoms with van der Waals surface area (Å²) in [5, 5.41) is -1.22. The van der Waals surface area contributed by atoms with Gasteiger partial charge in [0.15, 0.2) is 17.1 Å². The second-order valence-electron chi connectivity index (χ2n) is 11.3.